The van der Waals surface area contributed by atoms with E-state index in [0.29, 0.717) is 51.7 Å². The van der Waals surface area contributed by atoms with Crippen molar-refractivity contribution in [1.82, 2.24) is 0 Å². The molecule has 474 valence electrons. The summed E-state index contributed by atoms with van der Waals surface area (Å²) in [5, 5.41) is 0. The molecule has 10 nitrogen and oxygen atoms in total. The van der Waals surface area contributed by atoms with Crippen molar-refractivity contribution in [2.45, 2.75) is 145 Å². The summed E-state index contributed by atoms with van der Waals surface area (Å²) in [5.41, 5.74) is 13.4. The van der Waals surface area contributed by atoms with Gasteiger partial charge in [-0.3, -0.25) is 19.2 Å². The number of rotatable bonds is 42. The Morgan fingerprint density at radius 2 is 0.549 bits per heavy atom. The summed E-state index contributed by atoms with van der Waals surface area (Å²) in [6.45, 7) is 30.9. The molecule has 0 fully saturated rings. The van der Waals surface area contributed by atoms with Gasteiger partial charge < -0.3 is 28.4 Å². The Balaban J connectivity index is 1.10. The van der Waals surface area contributed by atoms with Crippen LogP contribution in [0.1, 0.15) is 127 Å². The van der Waals surface area contributed by atoms with Crippen LogP contribution >= 0.6 is 0 Å². The molecule has 0 unspecified atom stereocenters. The van der Waals surface area contributed by atoms with Crippen LogP contribution in [-0.4, -0.2) is 61.5 Å². The Kier molecular flexibility index (Phi) is 27.7. The van der Waals surface area contributed by atoms with Crippen LogP contribution in [0, 0.1) is 0 Å². The van der Waals surface area contributed by atoms with E-state index in [1.54, 1.807) is 48.6 Å². The smallest absolute Gasteiger partial charge is 0.306 e. The summed E-state index contributed by atoms with van der Waals surface area (Å²) in [7, 11) is 0. The second kappa shape index (κ2) is 36.4. The summed E-state index contributed by atoms with van der Waals surface area (Å²) in [6.07, 6.45) is 23.1. The molecule has 0 atom stereocenters. The first kappa shape index (κ1) is 69.2. The summed E-state index contributed by atoms with van der Waals surface area (Å²) in [5.74, 6) is 0.547. The highest BCUT2D eigenvalue weighted by Crippen LogP contribution is 2.56. The molecule has 91 heavy (non-hydrogen) atoms. The normalized spacial score (nSPS) is 11.9. The van der Waals surface area contributed by atoms with E-state index in [-0.39, 0.29) is 29.3 Å². The quantitative estimate of drug-likeness (QED) is 0.0158. The molecule has 0 aliphatic heterocycles. The molecule has 7 rings (SSSR count). The fraction of sp³-hybridized carbons (Fsp3) is 0.309. The van der Waals surface area contributed by atoms with Crippen LogP contribution < -0.4 is 9.47 Å². The van der Waals surface area contributed by atoms with Gasteiger partial charge in [0.2, 0.25) is 0 Å². The standard InChI is InChI=1S/C81H90O10/c1-9-67(10-2)88-77(82)29-21-17-25-53-81(54-26-18-22-30-78(83)89-68(11-3)12-4)75-57-65(63-37-33-59(34-38-63)61-41-47-71(48-42-61)86-55-27-19-23-31-79(84)90-69(13-5)14-6)45-51-73(75)74-52-46-66(58-76(74)81)64-39-35-60(36-40-64)62-43-49-72(50-44-62)87-56-28-20-24-32-80(85)91-70(15-7)16-8/h9-16,33-52,57-58,67-70H,1-8,17-32,53-56H2. The van der Waals surface area contributed by atoms with Crippen molar-refractivity contribution in [3.05, 3.63) is 246 Å². The van der Waals surface area contributed by atoms with Crippen molar-refractivity contribution in [3.63, 3.8) is 0 Å². The Bertz CT molecular complexity index is 3160. The van der Waals surface area contributed by atoms with E-state index in [1.807, 2.05) is 24.3 Å². The molecule has 6 aromatic carbocycles. The number of carbonyl (C=O) groups is 4. The lowest BCUT2D eigenvalue weighted by molar-refractivity contribution is -0.146. The third-order valence-corrected chi connectivity index (χ3v) is 16.7. The third kappa shape index (κ3) is 20.4. The first-order valence-corrected chi connectivity index (χ1v) is 32.1. The van der Waals surface area contributed by atoms with Gasteiger partial charge in [0.25, 0.3) is 0 Å². The largest absolute Gasteiger partial charge is 0.494 e. The van der Waals surface area contributed by atoms with E-state index in [4.69, 9.17) is 28.4 Å². The highest BCUT2D eigenvalue weighted by Gasteiger charge is 2.43. The Hall–Kier alpha value is -9.28. The van der Waals surface area contributed by atoms with Crippen LogP contribution in [0.5, 0.6) is 11.5 Å². The molecule has 0 saturated heterocycles. The number of hydrogen-bond donors (Lipinski definition) is 0. The highest BCUT2D eigenvalue weighted by molar-refractivity contribution is 5.87. The molecule has 0 spiro atoms. The highest BCUT2D eigenvalue weighted by atomic mass is 16.6. The lowest BCUT2D eigenvalue weighted by Gasteiger charge is -2.33. The van der Waals surface area contributed by atoms with Gasteiger partial charge in [-0.15, -0.1) is 0 Å². The van der Waals surface area contributed by atoms with E-state index in [0.717, 1.165) is 133 Å². The zero-order valence-corrected chi connectivity index (χ0v) is 53.0. The van der Waals surface area contributed by atoms with Crippen molar-refractivity contribution in [2.24, 2.45) is 0 Å². The van der Waals surface area contributed by atoms with Crippen molar-refractivity contribution in [3.8, 4) is 67.1 Å². The summed E-state index contributed by atoms with van der Waals surface area (Å²) < 4.78 is 33.9. The SMILES string of the molecule is C=CC(C=C)OC(=O)CCCCCOc1ccc(-c2ccc(-c3ccc4c(c3)C(CCCCCC(=O)OC(C=C)C=C)(CCCCCC(=O)OC(C=C)C=C)c3cc(-c5ccc(-c6ccc(OCCCCCC(=O)OC(C=C)C=C)cc6)cc5)ccc3-4)cc2)cc1. The Morgan fingerprint density at radius 1 is 0.308 bits per heavy atom. The molecule has 0 N–H and O–H groups in total. The summed E-state index contributed by atoms with van der Waals surface area (Å²) >= 11 is 0. The average molecular weight is 1220 g/mol. The van der Waals surface area contributed by atoms with Crippen LogP contribution in [-0.2, 0) is 43.5 Å². The first-order valence-electron chi connectivity index (χ1n) is 32.1. The summed E-state index contributed by atoms with van der Waals surface area (Å²) in [4.78, 5) is 50.1. The van der Waals surface area contributed by atoms with Gasteiger partial charge in [0.05, 0.1) is 13.2 Å². The molecule has 0 amide bonds. The minimum atomic E-state index is -0.522. The van der Waals surface area contributed by atoms with Crippen LogP contribution in [0.15, 0.2) is 235 Å². The fourth-order valence-corrected chi connectivity index (χ4v) is 11.6. The predicted molar refractivity (Wildman–Crippen MR) is 370 cm³/mol. The molecule has 0 aromatic heterocycles. The maximum Gasteiger partial charge on any atom is 0.306 e. The van der Waals surface area contributed by atoms with Crippen LogP contribution in [0.2, 0.25) is 0 Å². The first-order chi connectivity index (χ1) is 44.4. The summed E-state index contributed by atoms with van der Waals surface area (Å²) in [6, 6.07) is 47.7. The van der Waals surface area contributed by atoms with E-state index in [9.17, 15) is 19.2 Å². The van der Waals surface area contributed by atoms with Gasteiger partial charge in [0, 0.05) is 31.1 Å². The predicted octanol–water partition coefficient (Wildman–Crippen LogP) is 19.5. The van der Waals surface area contributed by atoms with Crippen LogP contribution in [0.4, 0.5) is 0 Å². The Morgan fingerprint density at radius 3 is 0.824 bits per heavy atom. The number of esters is 4. The van der Waals surface area contributed by atoms with Crippen molar-refractivity contribution >= 4 is 23.9 Å². The van der Waals surface area contributed by atoms with Gasteiger partial charge >= 0.3 is 23.9 Å². The number of ether oxygens (including phenoxy) is 6. The van der Waals surface area contributed by atoms with E-state index in [1.165, 1.54) is 22.3 Å². The van der Waals surface area contributed by atoms with Gasteiger partial charge in [0.1, 0.15) is 35.9 Å². The molecule has 10 heteroatoms. The number of fused-ring (bicyclic) bond motifs is 3. The number of unbranched alkanes of at least 4 members (excludes halogenated alkanes) is 8. The zero-order chi connectivity index (χ0) is 64.8. The van der Waals surface area contributed by atoms with Gasteiger partial charge in [-0.1, -0.05) is 175 Å². The van der Waals surface area contributed by atoms with E-state index >= 15 is 0 Å². The Labute approximate surface area is 540 Å². The second-order valence-electron chi connectivity index (χ2n) is 22.9. The minimum Gasteiger partial charge on any atom is -0.494 e. The lowest BCUT2D eigenvalue weighted by atomic mass is 9.70. The molecule has 0 heterocycles. The number of benzene rings is 6. The monoisotopic (exact) mass is 1220 g/mol. The van der Waals surface area contributed by atoms with E-state index in [2.05, 4.69) is 162 Å². The minimum absolute atomic E-state index is 0.255. The van der Waals surface area contributed by atoms with Gasteiger partial charge in [-0.2, -0.15) is 0 Å². The fourth-order valence-electron chi connectivity index (χ4n) is 11.6. The number of carbonyl (C=O) groups excluding carboxylic acids is 4. The third-order valence-electron chi connectivity index (χ3n) is 16.7. The second-order valence-corrected chi connectivity index (χ2v) is 22.9. The molecule has 1 aliphatic rings. The molecule has 0 radical (unpaired) electrons. The lowest BCUT2D eigenvalue weighted by Crippen LogP contribution is -2.26. The van der Waals surface area contributed by atoms with Crippen LogP contribution in [0.25, 0.3) is 55.6 Å². The maximum atomic E-state index is 12.9. The molecule has 6 aromatic rings. The van der Waals surface area contributed by atoms with Crippen molar-refractivity contribution in [1.29, 1.82) is 0 Å². The molecule has 0 bridgehead atoms. The average Bonchev–Trinajstić information content (AvgIpc) is 1.57. The molecule has 1 aliphatic carbocycles. The zero-order valence-electron chi connectivity index (χ0n) is 53.0. The van der Waals surface area contributed by atoms with Crippen molar-refractivity contribution in [2.75, 3.05) is 13.2 Å². The maximum absolute atomic E-state index is 12.9. The topological polar surface area (TPSA) is 124 Å². The van der Waals surface area contributed by atoms with Gasteiger partial charge in [-0.05, 0) is 216 Å². The number of hydrogen-bond acceptors (Lipinski definition) is 10. The van der Waals surface area contributed by atoms with Gasteiger partial charge in [-0.25, -0.2) is 0 Å². The van der Waals surface area contributed by atoms with Crippen LogP contribution in [0.3, 0.4) is 0 Å². The molecule has 0 saturated carbocycles. The van der Waals surface area contributed by atoms with Gasteiger partial charge in [0.15, 0.2) is 0 Å². The van der Waals surface area contributed by atoms with E-state index < -0.39 is 24.4 Å². The molecular weight excluding hydrogens is 1130 g/mol. The van der Waals surface area contributed by atoms with Crippen molar-refractivity contribution < 1.29 is 47.6 Å². The molecular formula is C81H90O10.